The molecule has 0 heterocycles. The fourth-order valence-corrected chi connectivity index (χ4v) is 2.41. The summed E-state index contributed by atoms with van der Waals surface area (Å²) in [5.41, 5.74) is 0.508. The SMILES string of the molecule is OC(c1ccc(F)cc1)C1CCCC(F)(F)C1. The predicted molar refractivity (Wildman–Crippen MR) is 58.3 cm³/mol. The lowest BCUT2D eigenvalue weighted by Gasteiger charge is -2.32. The summed E-state index contributed by atoms with van der Waals surface area (Å²) in [6.07, 6.45) is -0.295. The van der Waals surface area contributed by atoms with Gasteiger partial charge in [-0.2, -0.15) is 0 Å². The molecule has 0 aromatic heterocycles. The van der Waals surface area contributed by atoms with Crippen molar-refractivity contribution in [3.63, 3.8) is 0 Å². The van der Waals surface area contributed by atoms with E-state index in [0.717, 1.165) is 0 Å². The van der Waals surface area contributed by atoms with Gasteiger partial charge in [0.15, 0.2) is 0 Å². The molecule has 1 aromatic carbocycles. The first-order chi connectivity index (χ1) is 7.98. The number of benzene rings is 1. The zero-order chi connectivity index (χ0) is 12.5. The smallest absolute Gasteiger partial charge is 0.248 e. The second-order valence-corrected chi connectivity index (χ2v) is 4.71. The van der Waals surface area contributed by atoms with E-state index in [1.165, 1.54) is 24.3 Å². The number of alkyl halides is 2. The summed E-state index contributed by atoms with van der Waals surface area (Å²) in [4.78, 5) is 0. The highest BCUT2D eigenvalue weighted by atomic mass is 19.3. The topological polar surface area (TPSA) is 20.2 Å². The Balaban J connectivity index is 2.09. The van der Waals surface area contributed by atoms with Crippen LogP contribution in [0.15, 0.2) is 24.3 Å². The number of halogens is 3. The van der Waals surface area contributed by atoms with E-state index < -0.39 is 23.8 Å². The zero-order valence-corrected chi connectivity index (χ0v) is 9.37. The van der Waals surface area contributed by atoms with E-state index in [4.69, 9.17) is 0 Å². The van der Waals surface area contributed by atoms with Crippen LogP contribution in [0.5, 0.6) is 0 Å². The van der Waals surface area contributed by atoms with Crippen LogP contribution in [0.1, 0.15) is 37.4 Å². The maximum Gasteiger partial charge on any atom is 0.248 e. The van der Waals surface area contributed by atoms with Crippen molar-refractivity contribution < 1.29 is 18.3 Å². The Labute approximate surface area is 98.3 Å². The average molecular weight is 244 g/mol. The standard InChI is InChI=1S/C13H15F3O/c14-11-5-3-9(4-6-11)12(17)10-2-1-7-13(15,16)8-10/h3-6,10,12,17H,1-2,7-8H2. The van der Waals surface area contributed by atoms with Crippen molar-refractivity contribution in [1.29, 1.82) is 0 Å². The molecule has 2 unspecified atom stereocenters. The Morgan fingerprint density at radius 3 is 2.47 bits per heavy atom. The van der Waals surface area contributed by atoms with Crippen LogP contribution in [0.3, 0.4) is 0 Å². The van der Waals surface area contributed by atoms with Gasteiger partial charge in [-0.1, -0.05) is 12.1 Å². The van der Waals surface area contributed by atoms with Gasteiger partial charge in [0.2, 0.25) is 5.92 Å². The second-order valence-electron chi connectivity index (χ2n) is 4.71. The van der Waals surface area contributed by atoms with Gasteiger partial charge >= 0.3 is 0 Å². The Morgan fingerprint density at radius 1 is 1.24 bits per heavy atom. The molecule has 1 fully saturated rings. The van der Waals surface area contributed by atoms with Crippen LogP contribution in [0.2, 0.25) is 0 Å². The molecule has 0 saturated heterocycles. The van der Waals surface area contributed by atoms with Gasteiger partial charge in [0.05, 0.1) is 6.10 Å². The molecule has 0 aliphatic heterocycles. The van der Waals surface area contributed by atoms with Crippen molar-refractivity contribution >= 4 is 0 Å². The summed E-state index contributed by atoms with van der Waals surface area (Å²) >= 11 is 0. The van der Waals surface area contributed by atoms with Gasteiger partial charge in [-0.05, 0) is 36.5 Å². The van der Waals surface area contributed by atoms with Crippen LogP contribution in [0.4, 0.5) is 13.2 Å². The molecule has 0 radical (unpaired) electrons. The summed E-state index contributed by atoms with van der Waals surface area (Å²) in [7, 11) is 0. The van der Waals surface area contributed by atoms with E-state index in [1.807, 2.05) is 0 Å². The molecule has 4 heteroatoms. The molecule has 1 aliphatic rings. The van der Waals surface area contributed by atoms with Crippen molar-refractivity contribution in [2.75, 3.05) is 0 Å². The van der Waals surface area contributed by atoms with Crippen molar-refractivity contribution in [3.8, 4) is 0 Å². The van der Waals surface area contributed by atoms with Crippen LogP contribution in [-0.4, -0.2) is 11.0 Å². The van der Waals surface area contributed by atoms with Crippen LogP contribution >= 0.6 is 0 Å². The Bertz CT molecular complexity index is 375. The fraction of sp³-hybridized carbons (Fsp3) is 0.538. The Hall–Kier alpha value is -1.03. The summed E-state index contributed by atoms with van der Waals surface area (Å²) in [6.45, 7) is 0. The molecule has 0 spiro atoms. The molecule has 1 N–H and O–H groups in total. The third-order valence-electron chi connectivity index (χ3n) is 3.34. The van der Waals surface area contributed by atoms with E-state index in [-0.39, 0.29) is 12.8 Å². The van der Waals surface area contributed by atoms with E-state index in [2.05, 4.69) is 0 Å². The molecule has 1 aromatic rings. The fourth-order valence-electron chi connectivity index (χ4n) is 2.41. The maximum atomic E-state index is 13.2. The van der Waals surface area contributed by atoms with Crippen LogP contribution in [-0.2, 0) is 0 Å². The summed E-state index contributed by atoms with van der Waals surface area (Å²) in [5, 5.41) is 10.0. The quantitative estimate of drug-likeness (QED) is 0.841. The third kappa shape index (κ3) is 3.00. The minimum Gasteiger partial charge on any atom is -0.388 e. The van der Waals surface area contributed by atoms with Crippen LogP contribution in [0.25, 0.3) is 0 Å². The van der Waals surface area contributed by atoms with E-state index >= 15 is 0 Å². The highest BCUT2D eigenvalue weighted by Gasteiger charge is 2.39. The first-order valence-electron chi connectivity index (χ1n) is 5.79. The van der Waals surface area contributed by atoms with Gasteiger partial charge < -0.3 is 5.11 Å². The number of hydrogen-bond acceptors (Lipinski definition) is 1. The van der Waals surface area contributed by atoms with Gasteiger partial charge in [-0.3, -0.25) is 0 Å². The highest BCUT2D eigenvalue weighted by Crippen LogP contribution is 2.42. The monoisotopic (exact) mass is 244 g/mol. The largest absolute Gasteiger partial charge is 0.388 e. The van der Waals surface area contributed by atoms with Crippen molar-refractivity contribution in [2.24, 2.45) is 5.92 Å². The molecule has 0 bridgehead atoms. The summed E-state index contributed by atoms with van der Waals surface area (Å²) in [6, 6.07) is 5.37. The maximum absolute atomic E-state index is 13.2. The molecule has 1 saturated carbocycles. The van der Waals surface area contributed by atoms with E-state index in [1.54, 1.807) is 0 Å². The second kappa shape index (κ2) is 4.69. The first-order valence-corrected chi connectivity index (χ1v) is 5.79. The summed E-state index contributed by atoms with van der Waals surface area (Å²) in [5.74, 6) is -3.51. The van der Waals surface area contributed by atoms with Crippen LogP contribution in [0, 0.1) is 11.7 Å². The van der Waals surface area contributed by atoms with Gasteiger partial charge in [-0.25, -0.2) is 13.2 Å². The lowest BCUT2D eigenvalue weighted by Crippen LogP contribution is -2.29. The van der Waals surface area contributed by atoms with E-state index in [9.17, 15) is 18.3 Å². The van der Waals surface area contributed by atoms with Gasteiger partial charge in [0.1, 0.15) is 5.82 Å². The lowest BCUT2D eigenvalue weighted by atomic mass is 9.81. The minimum atomic E-state index is -2.68. The molecule has 17 heavy (non-hydrogen) atoms. The number of aliphatic hydroxyl groups excluding tert-OH is 1. The van der Waals surface area contributed by atoms with Crippen LogP contribution < -0.4 is 0 Å². The molecule has 2 rings (SSSR count). The number of aliphatic hydroxyl groups is 1. The molecule has 94 valence electrons. The van der Waals surface area contributed by atoms with Crippen molar-refractivity contribution in [3.05, 3.63) is 35.6 Å². The molecular formula is C13H15F3O. The van der Waals surface area contributed by atoms with Crippen molar-refractivity contribution in [2.45, 2.75) is 37.7 Å². The Morgan fingerprint density at radius 2 is 1.88 bits per heavy atom. The van der Waals surface area contributed by atoms with Gasteiger partial charge in [-0.15, -0.1) is 0 Å². The van der Waals surface area contributed by atoms with E-state index in [0.29, 0.717) is 18.4 Å². The Kier molecular flexibility index (Phi) is 3.43. The zero-order valence-electron chi connectivity index (χ0n) is 9.37. The third-order valence-corrected chi connectivity index (χ3v) is 3.34. The highest BCUT2D eigenvalue weighted by molar-refractivity contribution is 5.19. The van der Waals surface area contributed by atoms with Gasteiger partial charge in [0, 0.05) is 12.8 Å². The van der Waals surface area contributed by atoms with Crippen molar-refractivity contribution in [1.82, 2.24) is 0 Å². The molecule has 0 amide bonds. The normalized spacial score (nSPS) is 25.5. The van der Waals surface area contributed by atoms with Gasteiger partial charge in [0.25, 0.3) is 0 Å². The average Bonchev–Trinajstić information content (AvgIpc) is 2.28. The number of hydrogen-bond donors (Lipinski definition) is 1. The summed E-state index contributed by atoms with van der Waals surface area (Å²) < 4.78 is 39.2. The minimum absolute atomic E-state index is 0.0976. The molecule has 1 aliphatic carbocycles. The molecule has 1 nitrogen and oxygen atoms in total. The number of rotatable bonds is 2. The predicted octanol–water partition coefficient (Wildman–Crippen LogP) is 3.68. The lowest BCUT2D eigenvalue weighted by molar-refractivity contribution is -0.0761. The molecular weight excluding hydrogens is 229 g/mol. The molecule has 2 atom stereocenters. The first kappa shape index (κ1) is 12.4.